The van der Waals surface area contributed by atoms with E-state index in [1.54, 1.807) is 0 Å². The Morgan fingerprint density at radius 1 is 1.67 bits per heavy atom. The highest BCUT2D eigenvalue weighted by atomic mass is 16.6. The number of hydrogen-bond donors (Lipinski definition) is 2. The fourth-order valence-electron chi connectivity index (χ4n) is 1.34. The van der Waals surface area contributed by atoms with Gasteiger partial charge in [0.05, 0.1) is 17.8 Å². The van der Waals surface area contributed by atoms with E-state index in [9.17, 15) is 14.7 Å². The average molecular weight is 256 g/mol. The minimum atomic E-state index is -1.52. The molecule has 6 nitrogen and oxygen atoms in total. The molecule has 0 bridgehead atoms. The molecule has 0 aliphatic carbocycles. The average Bonchev–Trinajstić information content (AvgIpc) is 2.66. The predicted molar refractivity (Wildman–Crippen MR) is 61.2 cm³/mol. The number of ether oxygens (including phenoxy) is 2. The molecule has 1 aliphatic heterocycles. The molecule has 2 unspecified atom stereocenters. The van der Waals surface area contributed by atoms with E-state index in [2.05, 4.69) is 11.3 Å². The molecule has 18 heavy (non-hydrogen) atoms. The Bertz CT molecular complexity index is 384. The molecule has 0 aromatic carbocycles. The van der Waals surface area contributed by atoms with Crippen LogP contribution in [0, 0.1) is 0 Å². The van der Waals surface area contributed by atoms with Crippen LogP contribution in [-0.2, 0) is 19.1 Å². The third-order valence-corrected chi connectivity index (χ3v) is 2.40. The lowest BCUT2D eigenvalue weighted by atomic mass is 10.0. The van der Waals surface area contributed by atoms with E-state index in [4.69, 9.17) is 9.84 Å². The van der Waals surface area contributed by atoms with Crippen molar-refractivity contribution in [3.05, 3.63) is 23.8 Å². The number of esters is 2. The first-order valence-corrected chi connectivity index (χ1v) is 5.62. The third kappa shape index (κ3) is 3.41. The minimum Gasteiger partial charge on any atom is -0.462 e. The number of cyclic esters (lactones) is 1. The van der Waals surface area contributed by atoms with Crippen LogP contribution in [0.15, 0.2) is 23.8 Å². The fraction of sp³-hybridized carbons (Fsp3) is 0.500. The van der Waals surface area contributed by atoms with Gasteiger partial charge in [-0.05, 0) is 12.5 Å². The molecule has 0 fully saturated rings. The first-order valence-electron chi connectivity index (χ1n) is 5.62. The maximum Gasteiger partial charge on any atom is 0.339 e. The molecule has 0 radical (unpaired) electrons. The van der Waals surface area contributed by atoms with E-state index in [1.807, 2.05) is 6.92 Å². The molecule has 6 heteroatoms. The molecular formula is C12H16O6. The lowest BCUT2D eigenvalue weighted by molar-refractivity contribution is -0.151. The van der Waals surface area contributed by atoms with Gasteiger partial charge in [-0.15, -0.1) is 0 Å². The molecule has 0 aromatic heterocycles. The molecule has 0 amide bonds. The van der Waals surface area contributed by atoms with Gasteiger partial charge in [-0.1, -0.05) is 19.9 Å². The zero-order valence-electron chi connectivity index (χ0n) is 10.1. The van der Waals surface area contributed by atoms with Crippen molar-refractivity contribution in [3.8, 4) is 0 Å². The van der Waals surface area contributed by atoms with Crippen LogP contribution < -0.4 is 0 Å². The van der Waals surface area contributed by atoms with Crippen LogP contribution in [0.5, 0.6) is 0 Å². The molecule has 2 N–H and O–H groups in total. The van der Waals surface area contributed by atoms with E-state index in [-0.39, 0.29) is 17.8 Å². The van der Waals surface area contributed by atoms with Gasteiger partial charge in [0.1, 0.15) is 6.10 Å². The zero-order chi connectivity index (χ0) is 13.7. The Balaban J connectivity index is 2.58. The molecule has 1 aliphatic rings. The Kier molecular flexibility index (Phi) is 5.06. The summed E-state index contributed by atoms with van der Waals surface area (Å²) in [5.74, 6) is -1.65. The Morgan fingerprint density at radius 2 is 2.33 bits per heavy atom. The van der Waals surface area contributed by atoms with Crippen molar-refractivity contribution in [1.29, 1.82) is 0 Å². The van der Waals surface area contributed by atoms with Crippen LogP contribution in [0.25, 0.3) is 0 Å². The van der Waals surface area contributed by atoms with Crippen molar-refractivity contribution in [2.24, 2.45) is 0 Å². The summed E-state index contributed by atoms with van der Waals surface area (Å²) >= 11 is 0. The van der Waals surface area contributed by atoms with Gasteiger partial charge in [-0.3, -0.25) is 0 Å². The van der Waals surface area contributed by atoms with E-state index in [0.29, 0.717) is 6.42 Å². The van der Waals surface area contributed by atoms with Crippen LogP contribution in [0.3, 0.4) is 0 Å². The molecule has 0 spiro atoms. The van der Waals surface area contributed by atoms with Crippen LogP contribution in [0.2, 0.25) is 0 Å². The minimum absolute atomic E-state index is 0.208. The van der Waals surface area contributed by atoms with Crippen LogP contribution in [0.4, 0.5) is 0 Å². The van der Waals surface area contributed by atoms with E-state index >= 15 is 0 Å². The highest BCUT2D eigenvalue weighted by Crippen LogP contribution is 2.20. The summed E-state index contributed by atoms with van der Waals surface area (Å²) in [6.45, 7) is 5.55. The summed E-state index contributed by atoms with van der Waals surface area (Å²) in [7, 11) is 0. The lowest BCUT2D eigenvalue weighted by Gasteiger charge is -2.12. The standard InChI is InChI=1S/C12H16O6/c1-3-4-5-17-11(15)7(2)10(14)8-6-9(13)18-12(8)16/h6,9-10,13-14H,2-5H2,1H3. The molecule has 100 valence electrons. The summed E-state index contributed by atoms with van der Waals surface area (Å²) in [5, 5.41) is 18.8. The molecule has 0 saturated carbocycles. The van der Waals surface area contributed by atoms with Crippen LogP contribution in [0.1, 0.15) is 19.8 Å². The summed E-state index contributed by atoms with van der Waals surface area (Å²) in [5.41, 5.74) is -0.469. The second-order valence-electron chi connectivity index (χ2n) is 3.84. The predicted octanol–water partition coefficient (Wildman–Crippen LogP) is 0.0484. The van der Waals surface area contributed by atoms with Crippen molar-refractivity contribution < 1.29 is 29.3 Å². The van der Waals surface area contributed by atoms with Crippen molar-refractivity contribution in [1.82, 2.24) is 0 Å². The highest BCUT2D eigenvalue weighted by molar-refractivity contribution is 5.97. The van der Waals surface area contributed by atoms with Crippen molar-refractivity contribution in [2.45, 2.75) is 32.2 Å². The van der Waals surface area contributed by atoms with Crippen molar-refractivity contribution in [2.75, 3.05) is 6.61 Å². The molecular weight excluding hydrogens is 240 g/mol. The summed E-state index contributed by atoms with van der Waals surface area (Å²) in [6.07, 6.45) is -0.322. The van der Waals surface area contributed by atoms with Gasteiger partial charge in [0.15, 0.2) is 0 Å². The number of aliphatic hydroxyl groups excluding tert-OH is 2. The summed E-state index contributed by atoms with van der Waals surface area (Å²) in [4.78, 5) is 22.7. The topological polar surface area (TPSA) is 93.1 Å². The van der Waals surface area contributed by atoms with Crippen molar-refractivity contribution >= 4 is 11.9 Å². The molecule has 1 heterocycles. The lowest BCUT2D eigenvalue weighted by Crippen LogP contribution is -2.24. The largest absolute Gasteiger partial charge is 0.462 e. The maximum absolute atomic E-state index is 11.5. The quantitative estimate of drug-likeness (QED) is 0.396. The number of carbonyl (C=O) groups is 2. The third-order valence-electron chi connectivity index (χ3n) is 2.40. The monoisotopic (exact) mass is 256 g/mol. The second-order valence-corrected chi connectivity index (χ2v) is 3.84. The molecule has 0 saturated heterocycles. The van der Waals surface area contributed by atoms with Crippen molar-refractivity contribution in [3.63, 3.8) is 0 Å². The normalized spacial score (nSPS) is 20.1. The zero-order valence-corrected chi connectivity index (χ0v) is 10.1. The maximum atomic E-state index is 11.5. The number of carbonyl (C=O) groups excluding carboxylic acids is 2. The number of rotatable bonds is 6. The fourth-order valence-corrected chi connectivity index (χ4v) is 1.34. The number of unbranched alkanes of at least 4 members (excludes halogenated alkanes) is 1. The summed E-state index contributed by atoms with van der Waals surface area (Å²) < 4.78 is 9.24. The number of aliphatic hydroxyl groups is 2. The Hall–Kier alpha value is -1.66. The van der Waals surface area contributed by atoms with Gasteiger partial charge in [0, 0.05) is 0 Å². The van der Waals surface area contributed by atoms with Gasteiger partial charge in [-0.25, -0.2) is 9.59 Å². The summed E-state index contributed by atoms with van der Waals surface area (Å²) in [6, 6.07) is 0. The van der Waals surface area contributed by atoms with Gasteiger partial charge in [-0.2, -0.15) is 0 Å². The van der Waals surface area contributed by atoms with Crippen LogP contribution in [-0.4, -0.2) is 41.2 Å². The highest BCUT2D eigenvalue weighted by Gasteiger charge is 2.33. The Labute approximate surface area is 105 Å². The van der Waals surface area contributed by atoms with E-state index < -0.39 is 24.3 Å². The van der Waals surface area contributed by atoms with Gasteiger partial charge in [0.25, 0.3) is 0 Å². The van der Waals surface area contributed by atoms with Gasteiger partial charge in [0.2, 0.25) is 6.29 Å². The molecule has 0 aromatic rings. The number of hydrogen-bond acceptors (Lipinski definition) is 6. The van der Waals surface area contributed by atoms with Gasteiger partial charge < -0.3 is 19.7 Å². The Morgan fingerprint density at radius 3 is 2.83 bits per heavy atom. The van der Waals surface area contributed by atoms with Gasteiger partial charge >= 0.3 is 11.9 Å². The first kappa shape index (κ1) is 14.4. The van der Waals surface area contributed by atoms with E-state index in [1.165, 1.54) is 0 Å². The molecule has 2 atom stereocenters. The first-order chi connectivity index (χ1) is 8.47. The molecule has 1 rings (SSSR count). The van der Waals surface area contributed by atoms with E-state index in [0.717, 1.165) is 12.5 Å². The van der Waals surface area contributed by atoms with Crippen LogP contribution >= 0.6 is 0 Å². The SMILES string of the molecule is C=C(C(=O)OCCCC)C(O)C1=CC(O)OC1=O. The second kappa shape index (κ2) is 6.32. The smallest absolute Gasteiger partial charge is 0.339 e.